The summed E-state index contributed by atoms with van der Waals surface area (Å²) >= 11 is 0. The van der Waals surface area contributed by atoms with Crippen LogP contribution in [-0.4, -0.2) is 43.2 Å². The molecular weight excluding hydrogens is 485 g/mol. The maximum absolute atomic E-state index is 13.5. The normalized spacial score (nSPS) is 22.0. The number of halogens is 3. The molecule has 1 aromatic carbocycles. The summed E-state index contributed by atoms with van der Waals surface area (Å²) in [5.74, 6) is -0.359. The van der Waals surface area contributed by atoms with Crippen molar-refractivity contribution in [3.63, 3.8) is 0 Å². The molecule has 0 bridgehead atoms. The maximum Gasteiger partial charge on any atom is 0.420 e. The van der Waals surface area contributed by atoms with Gasteiger partial charge in [0.05, 0.1) is 16.2 Å². The third-order valence-corrected chi connectivity index (χ3v) is 8.17. The van der Waals surface area contributed by atoms with Crippen LogP contribution in [-0.2, 0) is 22.6 Å². The average Bonchev–Trinajstić information content (AvgIpc) is 3.54. The van der Waals surface area contributed by atoms with E-state index in [4.69, 9.17) is 4.74 Å². The van der Waals surface area contributed by atoms with Crippen molar-refractivity contribution >= 4 is 15.9 Å². The first kappa shape index (κ1) is 25.3. The summed E-state index contributed by atoms with van der Waals surface area (Å²) in [5, 5.41) is 11.6. The van der Waals surface area contributed by atoms with E-state index in [0.717, 1.165) is 36.8 Å². The minimum Gasteiger partial charge on any atom is -0.530 e. The Labute approximate surface area is 201 Å². The molecule has 1 saturated heterocycles. The van der Waals surface area contributed by atoms with Gasteiger partial charge in [0.25, 0.3) is 0 Å². The summed E-state index contributed by atoms with van der Waals surface area (Å²) in [4.78, 5) is 16.9. The smallest absolute Gasteiger partial charge is 0.420 e. The maximum atomic E-state index is 13.5. The number of amides is 1. The molecule has 2 unspecified atom stereocenters. The number of hydrogen-bond acceptors (Lipinski definition) is 6. The minimum atomic E-state index is -4.79. The molecule has 0 spiro atoms. The van der Waals surface area contributed by atoms with Crippen molar-refractivity contribution in [2.75, 3.05) is 12.8 Å². The molecule has 1 aliphatic carbocycles. The monoisotopic (exact) mass is 511 g/mol. The Morgan fingerprint density at radius 2 is 1.97 bits per heavy atom. The zero-order valence-electron chi connectivity index (χ0n) is 19.3. The fraction of sp³-hybridized carbons (Fsp3) is 0.500. The van der Waals surface area contributed by atoms with Crippen molar-refractivity contribution in [1.29, 1.82) is 0 Å². The van der Waals surface area contributed by atoms with E-state index in [1.165, 1.54) is 4.90 Å². The van der Waals surface area contributed by atoms with Crippen LogP contribution in [0.2, 0.25) is 0 Å². The van der Waals surface area contributed by atoms with E-state index >= 15 is 0 Å². The molecule has 2 aliphatic rings. The number of sulfone groups is 1. The molecule has 11 heteroatoms. The van der Waals surface area contributed by atoms with Crippen LogP contribution in [0.4, 0.5) is 18.0 Å². The highest BCUT2D eigenvalue weighted by Crippen LogP contribution is 2.53. The molecule has 2 aromatic rings. The fourth-order valence-electron chi connectivity index (χ4n) is 4.68. The second-order valence-electron chi connectivity index (χ2n) is 9.65. The van der Waals surface area contributed by atoms with E-state index in [1.54, 1.807) is 12.3 Å². The molecule has 2 fully saturated rings. The van der Waals surface area contributed by atoms with E-state index in [9.17, 15) is 31.5 Å². The minimum absolute atomic E-state index is 0.0250. The van der Waals surface area contributed by atoms with Crippen molar-refractivity contribution in [2.24, 2.45) is 5.41 Å². The van der Waals surface area contributed by atoms with Gasteiger partial charge in [-0.25, -0.2) is 8.42 Å². The number of nitrogens with zero attached hydrogens (tertiary/aromatic N) is 2. The first-order valence-corrected chi connectivity index (χ1v) is 13.1. The van der Waals surface area contributed by atoms with Crippen LogP contribution in [0.25, 0.3) is 0 Å². The van der Waals surface area contributed by atoms with Gasteiger partial charge in [-0.1, -0.05) is 13.0 Å². The van der Waals surface area contributed by atoms with Crippen LogP contribution in [0.3, 0.4) is 0 Å². The predicted molar refractivity (Wildman–Crippen MR) is 118 cm³/mol. The number of rotatable bonds is 6. The van der Waals surface area contributed by atoms with Crippen molar-refractivity contribution in [3.05, 3.63) is 53.3 Å². The highest BCUT2D eigenvalue weighted by molar-refractivity contribution is 7.90. The van der Waals surface area contributed by atoms with Gasteiger partial charge in [0.15, 0.2) is 9.84 Å². The van der Waals surface area contributed by atoms with Gasteiger partial charge < -0.3 is 19.5 Å². The quantitative estimate of drug-likeness (QED) is 0.585. The number of benzene rings is 1. The Morgan fingerprint density at radius 3 is 2.51 bits per heavy atom. The number of pyridine rings is 1. The lowest BCUT2D eigenvalue weighted by atomic mass is 9.80. The van der Waals surface area contributed by atoms with Gasteiger partial charge in [-0.2, -0.15) is 13.2 Å². The fourth-order valence-corrected chi connectivity index (χ4v) is 5.33. The number of hydrogen-bond donors (Lipinski definition) is 0. The molecule has 1 aliphatic heterocycles. The van der Waals surface area contributed by atoms with Gasteiger partial charge in [0.2, 0.25) is 0 Å². The third-order valence-electron chi connectivity index (χ3n) is 7.06. The highest BCUT2D eigenvalue weighted by atomic mass is 32.2. The molecule has 4 rings (SSSR count). The topological polar surface area (TPSA) is 99.6 Å². The third kappa shape index (κ3) is 5.55. The molecule has 7 nitrogen and oxygen atoms in total. The SMILES string of the molecule is CC1(C2CC(c3ccc(COc4ccc(S(C)(=O)=O)cc4C(F)(F)F)nc3)CCN2C(=O)[O-])CC1. The van der Waals surface area contributed by atoms with E-state index in [1.807, 2.05) is 6.07 Å². The summed E-state index contributed by atoms with van der Waals surface area (Å²) in [6.07, 6.45) is -0.172. The molecule has 190 valence electrons. The molecular formula is C24H26F3N2O5S-. The van der Waals surface area contributed by atoms with Crippen molar-refractivity contribution in [2.45, 2.75) is 62.2 Å². The molecule has 0 radical (unpaired) electrons. The average molecular weight is 512 g/mol. The lowest BCUT2D eigenvalue weighted by Crippen LogP contribution is -2.54. The van der Waals surface area contributed by atoms with E-state index < -0.39 is 38.3 Å². The number of carboxylic acid groups (broad SMARTS) is 1. The number of piperidine rings is 1. The lowest BCUT2D eigenvalue weighted by Gasteiger charge is -2.44. The van der Waals surface area contributed by atoms with Crippen molar-refractivity contribution in [3.8, 4) is 5.75 Å². The van der Waals surface area contributed by atoms with Crippen LogP contribution >= 0.6 is 0 Å². The van der Waals surface area contributed by atoms with Crippen molar-refractivity contribution < 1.29 is 36.2 Å². The first-order valence-electron chi connectivity index (χ1n) is 11.2. The standard InChI is InChI=1S/C24H27F3N2O5S/c1-23(8-9-23)21-11-15(7-10-29(21)22(30)31)16-3-4-17(28-13-16)14-34-20-6-5-18(35(2,32)33)12-19(20)24(25,26)27/h3-6,12-13,15,21H,7-11,14H2,1-2H3,(H,30,31)/p-1. The molecule has 2 heterocycles. The van der Waals surface area contributed by atoms with Crippen LogP contribution < -0.4 is 9.84 Å². The van der Waals surface area contributed by atoms with Crippen LogP contribution in [0, 0.1) is 5.41 Å². The number of likely N-dealkylation sites (tertiary alicyclic amines) is 1. The summed E-state index contributed by atoms with van der Waals surface area (Å²) in [6.45, 7) is 2.25. The predicted octanol–water partition coefficient (Wildman–Crippen LogP) is 3.77. The van der Waals surface area contributed by atoms with Crippen molar-refractivity contribution in [1.82, 2.24) is 9.88 Å². The molecule has 1 aromatic heterocycles. The number of aromatic nitrogens is 1. The molecule has 1 saturated carbocycles. The molecule has 0 N–H and O–H groups in total. The Kier molecular flexibility index (Phi) is 6.50. The van der Waals surface area contributed by atoms with Gasteiger partial charge in [-0.05, 0) is 66.8 Å². The molecule has 2 atom stereocenters. The van der Waals surface area contributed by atoms with Gasteiger partial charge in [-0.15, -0.1) is 0 Å². The number of alkyl halides is 3. The largest absolute Gasteiger partial charge is 0.530 e. The second kappa shape index (κ2) is 9.00. The zero-order valence-corrected chi connectivity index (χ0v) is 20.2. The summed E-state index contributed by atoms with van der Waals surface area (Å²) in [5.41, 5.74) is 0.153. The van der Waals surface area contributed by atoms with Crippen LogP contribution in [0.1, 0.15) is 55.3 Å². The van der Waals surface area contributed by atoms with E-state index in [2.05, 4.69) is 11.9 Å². The first-order chi connectivity index (χ1) is 16.3. The number of carbonyl (C=O) groups is 1. The van der Waals surface area contributed by atoms with E-state index in [0.29, 0.717) is 31.1 Å². The molecule has 1 amide bonds. The van der Waals surface area contributed by atoms with Crippen LogP contribution in [0.5, 0.6) is 5.75 Å². The Balaban J connectivity index is 1.46. The highest BCUT2D eigenvalue weighted by Gasteiger charge is 2.49. The van der Waals surface area contributed by atoms with Gasteiger partial charge >= 0.3 is 6.18 Å². The summed E-state index contributed by atoms with van der Waals surface area (Å²) < 4.78 is 69.0. The molecule has 35 heavy (non-hydrogen) atoms. The van der Waals surface area contributed by atoms with E-state index in [-0.39, 0.29) is 24.0 Å². The number of carbonyl (C=O) groups excluding carboxylic acids is 1. The van der Waals surface area contributed by atoms with Crippen LogP contribution in [0.15, 0.2) is 41.4 Å². The number of ether oxygens (including phenoxy) is 1. The summed E-state index contributed by atoms with van der Waals surface area (Å²) in [7, 11) is -3.81. The summed E-state index contributed by atoms with van der Waals surface area (Å²) in [6, 6.07) is 6.05. The second-order valence-corrected chi connectivity index (χ2v) is 11.7. The Morgan fingerprint density at radius 1 is 1.26 bits per heavy atom. The Hall–Kier alpha value is -2.82. The van der Waals surface area contributed by atoms with Gasteiger partial charge in [0.1, 0.15) is 18.4 Å². The van der Waals surface area contributed by atoms with Gasteiger partial charge in [-0.3, -0.25) is 4.98 Å². The Bertz CT molecular complexity index is 1210. The zero-order chi connectivity index (χ0) is 25.6. The van der Waals surface area contributed by atoms with Gasteiger partial charge in [0, 0.05) is 25.0 Å². The lowest BCUT2D eigenvalue weighted by molar-refractivity contribution is -0.270.